The predicted octanol–water partition coefficient (Wildman–Crippen LogP) is 2.44. The van der Waals surface area contributed by atoms with Crippen LogP contribution >= 0.6 is 12.4 Å². The quantitative estimate of drug-likeness (QED) is 0.906. The van der Waals surface area contributed by atoms with Crippen molar-refractivity contribution in [3.05, 3.63) is 30.5 Å². The van der Waals surface area contributed by atoms with Gasteiger partial charge in [0.05, 0.1) is 18.3 Å². The molecule has 3 rings (SSSR count). The van der Waals surface area contributed by atoms with Gasteiger partial charge in [-0.05, 0) is 37.2 Å². The number of halogens is 1. The first kappa shape index (κ1) is 13.9. The summed E-state index contributed by atoms with van der Waals surface area (Å²) in [5, 5.41) is 8.05. The molecule has 0 radical (unpaired) electrons. The molecule has 1 aliphatic heterocycles. The van der Waals surface area contributed by atoms with Gasteiger partial charge in [0.1, 0.15) is 5.75 Å². The van der Waals surface area contributed by atoms with E-state index in [0.717, 1.165) is 41.9 Å². The van der Waals surface area contributed by atoms with Gasteiger partial charge in [0, 0.05) is 24.2 Å². The molecular weight excluding hydrogens is 262 g/mol. The number of pyridine rings is 1. The highest BCUT2D eigenvalue weighted by atomic mass is 35.5. The largest absolute Gasteiger partial charge is 0.495 e. The number of hydrogen-bond acceptors (Lipinski definition) is 4. The maximum atomic E-state index is 5.45. The van der Waals surface area contributed by atoms with Crippen molar-refractivity contribution in [2.45, 2.75) is 12.5 Å². The van der Waals surface area contributed by atoms with Gasteiger partial charge in [0.2, 0.25) is 0 Å². The molecule has 1 fully saturated rings. The van der Waals surface area contributed by atoms with Crippen LogP contribution in [0.2, 0.25) is 0 Å². The number of nitrogens with zero attached hydrogens (tertiary/aromatic N) is 1. The molecule has 1 atom stereocenters. The van der Waals surface area contributed by atoms with E-state index in [1.54, 1.807) is 7.11 Å². The summed E-state index contributed by atoms with van der Waals surface area (Å²) in [5.41, 5.74) is 2.04. The molecule has 0 bridgehead atoms. The Morgan fingerprint density at radius 1 is 1.37 bits per heavy atom. The second-order valence-electron chi connectivity index (χ2n) is 4.55. The Bertz CT molecular complexity index is 555. The van der Waals surface area contributed by atoms with Crippen molar-refractivity contribution >= 4 is 29.0 Å². The first-order chi connectivity index (χ1) is 8.88. The highest BCUT2D eigenvalue weighted by molar-refractivity contribution is 5.94. The van der Waals surface area contributed by atoms with Crippen molar-refractivity contribution in [2.75, 3.05) is 25.5 Å². The summed E-state index contributed by atoms with van der Waals surface area (Å²) >= 11 is 0. The zero-order valence-electron chi connectivity index (χ0n) is 10.8. The molecule has 0 amide bonds. The molecule has 0 saturated carbocycles. The highest BCUT2D eigenvalue weighted by Gasteiger charge is 2.17. The minimum atomic E-state index is 0. The summed E-state index contributed by atoms with van der Waals surface area (Å²) in [6.45, 7) is 2.07. The van der Waals surface area contributed by atoms with E-state index < -0.39 is 0 Å². The number of ether oxygens (including phenoxy) is 1. The van der Waals surface area contributed by atoms with Crippen LogP contribution in [0.4, 0.5) is 5.69 Å². The molecule has 0 unspecified atom stereocenters. The van der Waals surface area contributed by atoms with Crippen molar-refractivity contribution in [2.24, 2.45) is 0 Å². The van der Waals surface area contributed by atoms with E-state index in [2.05, 4.69) is 21.7 Å². The van der Waals surface area contributed by atoms with Crippen molar-refractivity contribution in [1.29, 1.82) is 0 Å². The lowest BCUT2D eigenvalue weighted by molar-refractivity contribution is 0.416. The van der Waals surface area contributed by atoms with Gasteiger partial charge in [-0.1, -0.05) is 0 Å². The Balaban J connectivity index is 0.00000133. The molecule has 1 aromatic carbocycles. The summed E-state index contributed by atoms with van der Waals surface area (Å²) in [6.07, 6.45) is 2.95. The summed E-state index contributed by atoms with van der Waals surface area (Å²) in [6, 6.07) is 8.46. The fraction of sp³-hybridized carbons (Fsp3) is 0.357. The van der Waals surface area contributed by atoms with E-state index in [1.165, 1.54) is 0 Å². The van der Waals surface area contributed by atoms with Crippen LogP contribution in [0.5, 0.6) is 5.75 Å². The number of hydrogen-bond donors (Lipinski definition) is 2. The SMILES string of the molecule is COc1ccc2ncccc2c1N[C@@H]1CCNC1.Cl. The van der Waals surface area contributed by atoms with Crippen LogP contribution in [0.3, 0.4) is 0 Å². The molecule has 0 aliphatic carbocycles. The number of aromatic nitrogens is 1. The van der Waals surface area contributed by atoms with E-state index in [9.17, 15) is 0 Å². The van der Waals surface area contributed by atoms with E-state index in [4.69, 9.17) is 4.74 Å². The zero-order valence-corrected chi connectivity index (χ0v) is 11.7. The molecule has 2 heterocycles. The minimum absolute atomic E-state index is 0. The number of benzene rings is 1. The molecule has 1 saturated heterocycles. The van der Waals surface area contributed by atoms with E-state index in [0.29, 0.717) is 6.04 Å². The fourth-order valence-electron chi connectivity index (χ4n) is 2.43. The Morgan fingerprint density at radius 3 is 3.00 bits per heavy atom. The normalized spacial score (nSPS) is 18.1. The number of fused-ring (bicyclic) bond motifs is 1. The van der Waals surface area contributed by atoms with Gasteiger partial charge in [-0.3, -0.25) is 4.98 Å². The van der Waals surface area contributed by atoms with Gasteiger partial charge >= 0.3 is 0 Å². The first-order valence-electron chi connectivity index (χ1n) is 6.27. The smallest absolute Gasteiger partial charge is 0.142 e. The van der Waals surface area contributed by atoms with Crippen LogP contribution in [-0.2, 0) is 0 Å². The molecule has 102 valence electrons. The maximum Gasteiger partial charge on any atom is 0.142 e. The zero-order chi connectivity index (χ0) is 12.4. The van der Waals surface area contributed by atoms with Crippen LogP contribution in [0.15, 0.2) is 30.5 Å². The van der Waals surface area contributed by atoms with Gasteiger partial charge < -0.3 is 15.4 Å². The highest BCUT2D eigenvalue weighted by Crippen LogP contribution is 2.33. The summed E-state index contributed by atoms with van der Waals surface area (Å²) < 4.78 is 5.45. The molecule has 1 aromatic heterocycles. The molecule has 19 heavy (non-hydrogen) atoms. The number of rotatable bonds is 3. The summed E-state index contributed by atoms with van der Waals surface area (Å²) in [4.78, 5) is 4.38. The van der Waals surface area contributed by atoms with Gasteiger partial charge in [0.25, 0.3) is 0 Å². The van der Waals surface area contributed by atoms with E-state index in [1.807, 2.05) is 24.4 Å². The van der Waals surface area contributed by atoms with Crippen LogP contribution in [-0.4, -0.2) is 31.2 Å². The number of methoxy groups -OCH3 is 1. The van der Waals surface area contributed by atoms with Gasteiger partial charge in [-0.15, -0.1) is 12.4 Å². The van der Waals surface area contributed by atoms with Crippen LogP contribution in [0, 0.1) is 0 Å². The Labute approximate surface area is 119 Å². The third-order valence-electron chi connectivity index (χ3n) is 3.38. The predicted molar refractivity (Wildman–Crippen MR) is 80.4 cm³/mol. The number of anilines is 1. The van der Waals surface area contributed by atoms with E-state index >= 15 is 0 Å². The fourth-order valence-corrected chi connectivity index (χ4v) is 2.43. The Hall–Kier alpha value is -1.52. The van der Waals surface area contributed by atoms with Gasteiger partial charge in [-0.2, -0.15) is 0 Å². The topological polar surface area (TPSA) is 46.2 Å². The Kier molecular flexibility index (Phi) is 4.45. The van der Waals surface area contributed by atoms with Crippen molar-refractivity contribution in [1.82, 2.24) is 10.3 Å². The van der Waals surface area contributed by atoms with Crippen molar-refractivity contribution < 1.29 is 4.74 Å². The molecule has 0 spiro atoms. The Morgan fingerprint density at radius 2 is 2.26 bits per heavy atom. The lowest BCUT2D eigenvalue weighted by Gasteiger charge is -2.17. The van der Waals surface area contributed by atoms with Crippen LogP contribution < -0.4 is 15.4 Å². The second-order valence-corrected chi connectivity index (χ2v) is 4.55. The molecule has 2 aromatic rings. The first-order valence-corrected chi connectivity index (χ1v) is 6.27. The molecule has 4 nitrogen and oxygen atoms in total. The van der Waals surface area contributed by atoms with Gasteiger partial charge in [-0.25, -0.2) is 0 Å². The standard InChI is InChI=1S/C14H17N3O.ClH/c1-18-13-5-4-12-11(3-2-7-16-12)14(13)17-10-6-8-15-9-10;/h2-5,7,10,15,17H,6,8-9H2,1H3;1H/t10-;/m1./s1. The van der Waals surface area contributed by atoms with Gasteiger partial charge in [0.15, 0.2) is 0 Å². The maximum absolute atomic E-state index is 5.45. The van der Waals surface area contributed by atoms with Crippen LogP contribution in [0.25, 0.3) is 10.9 Å². The molecule has 1 aliphatic rings. The lowest BCUT2D eigenvalue weighted by atomic mass is 10.1. The average Bonchev–Trinajstić information content (AvgIpc) is 2.92. The summed E-state index contributed by atoms with van der Waals surface area (Å²) in [5.74, 6) is 0.877. The van der Waals surface area contributed by atoms with Crippen molar-refractivity contribution in [3.8, 4) is 5.75 Å². The molecular formula is C14H18ClN3O. The number of nitrogens with one attached hydrogen (secondary N) is 2. The van der Waals surface area contributed by atoms with Crippen molar-refractivity contribution in [3.63, 3.8) is 0 Å². The monoisotopic (exact) mass is 279 g/mol. The third kappa shape index (κ3) is 2.74. The minimum Gasteiger partial charge on any atom is -0.495 e. The second kappa shape index (κ2) is 6.08. The summed E-state index contributed by atoms with van der Waals surface area (Å²) in [7, 11) is 1.70. The molecule has 2 N–H and O–H groups in total. The molecule has 5 heteroatoms. The van der Waals surface area contributed by atoms with Crippen LogP contribution in [0.1, 0.15) is 6.42 Å². The lowest BCUT2D eigenvalue weighted by Crippen LogP contribution is -2.22. The third-order valence-corrected chi connectivity index (χ3v) is 3.38. The average molecular weight is 280 g/mol. The van der Waals surface area contributed by atoms with E-state index in [-0.39, 0.29) is 12.4 Å².